The molecule has 1 fully saturated rings. The van der Waals surface area contributed by atoms with E-state index in [0.717, 1.165) is 25.1 Å². The van der Waals surface area contributed by atoms with Crippen LogP contribution < -0.4 is 5.32 Å². The van der Waals surface area contributed by atoms with E-state index >= 15 is 0 Å². The standard InChI is InChI=1S/C12H13BrFN/c13-12-10(4-1-5-11(12)14)7-9-3-2-6-15-8-9/h1,4-5,7,15H,2-3,6,8H2/b9-7-. The van der Waals surface area contributed by atoms with Crippen LogP contribution in [0.3, 0.4) is 0 Å². The molecule has 1 aromatic carbocycles. The lowest BCUT2D eigenvalue weighted by molar-refractivity contribution is 0.612. The van der Waals surface area contributed by atoms with Crippen LogP contribution >= 0.6 is 15.9 Å². The molecule has 1 aliphatic heterocycles. The normalized spacial score (nSPS) is 19.5. The van der Waals surface area contributed by atoms with Crippen molar-refractivity contribution in [2.45, 2.75) is 12.8 Å². The van der Waals surface area contributed by atoms with Crippen LogP contribution in [-0.4, -0.2) is 13.1 Å². The largest absolute Gasteiger partial charge is 0.313 e. The first-order valence-corrected chi connectivity index (χ1v) is 5.91. The minimum absolute atomic E-state index is 0.201. The Bertz CT molecular complexity index is 379. The van der Waals surface area contributed by atoms with Crippen molar-refractivity contribution in [3.63, 3.8) is 0 Å². The van der Waals surface area contributed by atoms with Gasteiger partial charge < -0.3 is 5.32 Å². The molecule has 3 heteroatoms. The molecule has 1 aromatic rings. The first-order chi connectivity index (χ1) is 7.27. The topological polar surface area (TPSA) is 12.0 Å². The molecule has 15 heavy (non-hydrogen) atoms. The maximum absolute atomic E-state index is 13.2. The summed E-state index contributed by atoms with van der Waals surface area (Å²) in [4.78, 5) is 0. The third-order valence-electron chi connectivity index (χ3n) is 2.54. The molecule has 1 nitrogen and oxygen atoms in total. The van der Waals surface area contributed by atoms with Crippen molar-refractivity contribution in [1.29, 1.82) is 0 Å². The zero-order valence-corrected chi connectivity index (χ0v) is 9.98. The van der Waals surface area contributed by atoms with E-state index < -0.39 is 0 Å². The van der Waals surface area contributed by atoms with Gasteiger partial charge in [-0.2, -0.15) is 0 Å². The van der Waals surface area contributed by atoms with Gasteiger partial charge in [0.1, 0.15) is 5.82 Å². The van der Waals surface area contributed by atoms with Crippen molar-refractivity contribution < 1.29 is 4.39 Å². The summed E-state index contributed by atoms with van der Waals surface area (Å²) < 4.78 is 13.8. The molecule has 0 amide bonds. The SMILES string of the molecule is Fc1cccc(/C=C2/CCCNC2)c1Br. The Morgan fingerprint density at radius 2 is 2.27 bits per heavy atom. The van der Waals surface area contributed by atoms with E-state index in [1.807, 2.05) is 6.07 Å². The minimum Gasteiger partial charge on any atom is -0.313 e. The summed E-state index contributed by atoms with van der Waals surface area (Å²) in [6.07, 6.45) is 4.34. The van der Waals surface area contributed by atoms with Crippen molar-refractivity contribution in [2.75, 3.05) is 13.1 Å². The van der Waals surface area contributed by atoms with Gasteiger partial charge >= 0.3 is 0 Å². The van der Waals surface area contributed by atoms with Gasteiger partial charge in [0.2, 0.25) is 0 Å². The van der Waals surface area contributed by atoms with Crippen LogP contribution in [0.4, 0.5) is 4.39 Å². The van der Waals surface area contributed by atoms with Crippen LogP contribution in [0, 0.1) is 5.82 Å². The molecule has 80 valence electrons. The number of hydrogen-bond acceptors (Lipinski definition) is 1. The average Bonchev–Trinajstić information content (AvgIpc) is 2.26. The number of rotatable bonds is 1. The smallest absolute Gasteiger partial charge is 0.137 e. The second-order valence-electron chi connectivity index (χ2n) is 3.73. The Morgan fingerprint density at radius 3 is 3.00 bits per heavy atom. The van der Waals surface area contributed by atoms with E-state index in [-0.39, 0.29) is 5.82 Å². The molecule has 0 unspecified atom stereocenters. The van der Waals surface area contributed by atoms with Crippen LogP contribution in [-0.2, 0) is 0 Å². The molecule has 0 spiro atoms. The summed E-state index contributed by atoms with van der Waals surface area (Å²) in [5.41, 5.74) is 2.27. The summed E-state index contributed by atoms with van der Waals surface area (Å²) in [6, 6.07) is 5.13. The fraction of sp³-hybridized carbons (Fsp3) is 0.333. The third-order valence-corrected chi connectivity index (χ3v) is 3.38. The van der Waals surface area contributed by atoms with Gasteiger partial charge in [0.05, 0.1) is 4.47 Å². The molecule has 2 rings (SSSR count). The van der Waals surface area contributed by atoms with Crippen LogP contribution in [0.5, 0.6) is 0 Å². The molecule has 0 aromatic heterocycles. The summed E-state index contributed by atoms with van der Waals surface area (Å²) in [5.74, 6) is -0.201. The Labute approximate surface area is 97.5 Å². The Kier molecular flexibility index (Phi) is 3.54. The van der Waals surface area contributed by atoms with E-state index in [2.05, 4.69) is 27.3 Å². The molecule has 1 N–H and O–H groups in total. The van der Waals surface area contributed by atoms with Gasteiger partial charge in [-0.05, 0) is 46.9 Å². The number of benzene rings is 1. The van der Waals surface area contributed by atoms with Gasteiger partial charge in [-0.15, -0.1) is 0 Å². The molecule has 0 radical (unpaired) electrons. The summed E-state index contributed by atoms with van der Waals surface area (Å²) in [5, 5.41) is 3.31. The van der Waals surface area contributed by atoms with Crippen molar-refractivity contribution >= 4 is 22.0 Å². The predicted molar refractivity (Wildman–Crippen MR) is 64.2 cm³/mol. The van der Waals surface area contributed by atoms with Gasteiger partial charge in [0.25, 0.3) is 0 Å². The van der Waals surface area contributed by atoms with Gasteiger partial charge in [-0.25, -0.2) is 4.39 Å². The third kappa shape index (κ3) is 2.67. The van der Waals surface area contributed by atoms with E-state index in [1.54, 1.807) is 6.07 Å². The fourth-order valence-electron chi connectivity index (χ4n) is 1.75. The van der Waals surface area contributed by atoms with Crippen LogP contribution in [0.15, 0.2) is 28.2 Å². The molecule has 0 aliphatic carbocycles. The van der Waals surface area contributed by atoms with E-state index in [0.29, 0.717) is 4.47 Å². The number of nitrogens with one attached hydrogen (secondary N) is 1. The number of piperidine rings is 1. The summed E-state index contributed by atoms with van der Waals surface area (Å²) in [6.45, 7) is 2.00. The molecular weight excluding hydrogens is 257 g/mol. The van der Waals surface area contributed by atoms with E-state index in [4.69, 9.17) is 0 Å². The highest BCUT2D eigenvalue weighted by atomic mass is 79.9. The molecule has 0 bridgehead atoms. The second-order valence-corrected chi connectivity index (χ2v) is 4.52. The average molecular weight is 270 g/mol. The zero-order valence-electron chi connectivity index (χ0n) is 8.39. The zero-order chi connectivity index (χ0) is 10.7. The van der Waals surface area contributed by atoms with Crippen LogP contribution in [0.1, 0.15) is 18.4 Å². The lowest BCUT2D eigenvalue weighted by atomic mass is 10.0. The molecule has 1 aliphatic rings. The van der Waals surface area contributed by atoms with Crippen LogP contribution in [0.2, 0.25) is 0 Å². The molecule has 0 saturated carbocycles. The van der Waals surface area contributed by atoms with Gasteiger partial charge in [0, 0.05) is 6.54 Å². The van der Waals surface area contributed by atoms with Gasteiger partial charge in [-0.1, -0.05) is 23.8 Å². The Hall–Kier alpha value is -0.670. The van der Waals surface area contributed by atoms with Crippen molar-refractivity contribution in [2.24, 2.45) is 0 Å². The maximum Gasteiger partial charge on any atom is 0.137 e. The first-order valence-electron chi connectivity index (χ1n) is 5.11. The summed E-state index contributed by atoms with van der Waals surface area (Å²) >= 11 is 3.27. The van der Waals surface area contributed by atoms with Crippen LogP contribution in [0.25, 0.3) is 6.08 Å². The lowest BCUT2D eigenvalue weighted by Gasteiger charge is -2.15. The van der Waals surface area contributed by atoms with E-state index in [9.17, 15) is 4.39 Å². The van der Waals surface area contributed by atoms with Crippen molar-refractivity contribution in [1.82, 2.24) is 5.32 Å². The summed E-state index contributed by atoms with van der Waals surface area (Å²) in [7, 11) is 0. The minimum atomic E-state index is -0.201. The fourth-order valence-corrected chi connectivity index (χ4v) is 2.13. The second kappa shape index (κ2) is 4.90. The maximum atomic E-state index is 13.2. The Balaban J connectivity index is 2.25. The molecule has 1 saturated heterocycles. The molecule has 1 heterocycles. The monoisotopic (exact) mass is 269 g/mol. The van der Waals surface area contributed by atoms with Gasteiger partial charge in [0.15, 0.2) is 0 Å². The van der Waals surface area contributed by atoms with E-state index in [1.165, 1.54) is 18.1 Å². The highest BCUT2D eigenvalue weighted by molar-refractivity contribution is 9.10. The molecular formula is C12H13BrFN. The number of halogens is 2. The first kappa shape index (κ1) is 10.8. The van der Waals surface area contributed by atoms with Gasteiger partial charge in [-0.3, -0.25) is 0 Å². The lowest BCUT2D eigenvalue weighted by Crippen LogP contribution is -2.23. The number of hydrogen-bond donors (Lipinski definition) is 1. The molecule has 0 atom stereocenters. The highest BCUT2D eigenvalue weighted by Crippen LogP contribution is 2.24. The predicted octanol–water partition coefficient (Wildman–Crippen LogP) is 3.36. The highest BCUT2D eigenvalue weighted by Gasteiger charge is 2.07. The van der Waals surface area contributed by atoms with Crippen molar-refractivity contribution in [3.05, 3.63) is 39.6 Å². The van der Waals surface area contributed by atoms with Crippen molar-refractivity contribution in [3.8, 4) is 0 Å². The quantitative estimate of drug-likeness (QED) is 0.825. The Morgan fingerprint density at radius 1 is 1.40 bits per heavy atom.